The summed E-state index contributed by atoms with van der Waals surface area (Å²) in [6, 6.07) is 5.03. The molecular weight excluding hydrogens is 609 g/mol. The molecule has 7 nitrogen and oxygen atoms in total. The van der Waals surface area contributed by atoms with E-state index >= 15 is 0 Å². The molecule has 0 N–H and O–H groups in total. The van der Waals surface area contributed by atoms with Crippen LogP contribution in [0.1, 0.15) is 69.8 Å². The van der Waals surface area contributed by atoms with Gasteiger partial charge in [-0.3, -0.25) is 9.59 Å². The van der Waals surface area contributed by atoms with Crippen molar-refractivity contribution in [1.29, 1.82) is 0 Å². The monoisotopic (exact) mass is 636 g/mol. The number of alkyl halides is 3. The van der Waals surface area contributed by atoms with E-state index in [9.17, 15) is 22.8 Å². The summed E-state index contributed by atoms with van der Waals surface area (Å²) in [5.74, 6) is -0.231. The van der Waals surface area contributed by atoms with Gasteiger partial charge in [0.1, 0.15) is 12.3 Å². The topological polar surface area (TPSA) is 76.8 Å². The molecule has 3 aromatic rings. The van der Waals surface area contributed by atoms with Gasteiger partial charge in [-0.25, -0.2) is 4.98 Å². The molecule has 1 amide bonds. The number of pyridine rings is 1. The van der Waals surface area contributed by atoms with Gasteiger partial charge in [-0.05, 0) is 66.7 Å². The molecule has 1 unspecified atom stereocenters. The molecular formula is C28H28BrF3N4O3S. The molecule has 1 aromatic carbocycles. The SMILES string of the molecule is Cc1cc(C)c(C2CC(c3csc(C4CCN(C(=O)Cn5cc(C(F)(F)F)cc(Br)c5=O)CC4)n3)=NO2)c(C)c1. The fourth-order valence-corrected chi connectivity index (χ4v) is 6.96. The number of nitrogens with zero attached hydrogens (tertiary/aromatic N) is 4. The first kappa shape index (κ1) is 28.5. The first-order valence-corrected chi connectivity index (χ1v) is 14.6. The fourth-order valence-electron chi connectivity index (χ4n) is 5.48. The number of benzene rings is 1. The van der Waals surface area contributed by atoms with Gasteiger partial charge in [0.05, 0.1) is 20.7 Å². The fraction of sp³-hybridized carbons (Fsp3) is 0.429. The molecule has 2 aliphatic heterocycles. The predicted octanol–water partition coefficient (Wildman–Crippen LogP) is 6.28. The maximum absolute atomic E-state index is 13.2. The molecule has 40 heavy (non-hydrogen) atoms. The molecule has 0 aliphatic carbocycles. The summed E-state index contributed by atoms with van der Waals surface area (Å²) in [6.45, 7) is 6.68. The number of amides is 1. The van der Waals surface area contributed by atoms with Crippen LogP contribution in [0, 0.1) is 20.8 Å². The number of carbonyl (C=O) groups excluding carboxylic acids is 1. The Bertz CT molecular complexity index is 1520. The Morgan fingerprint density at radius 3 is 2.48 bits per heavy atom. The second kappa shape index (κ2) is 11.1. The zero-order valence-electron chi connectivity index (χ0n) is 22.2. The van der Waals surface area contributed by atoms with E-state index in [2.05, 4.69) is 54.0 Å². The lowest BCUT2D eigenvalue weighted by molar-refractivity contribution is -0.139. The highest BCUT2D eigenvalue weighted by Gasteiger charge is 2.33. The quantitative estimate of drug-likeness (QED) is 0.330. The normalized spacial score (nSPS) is 18.1. The number of rotatable bonds is 5. The largest absolute Gasteiger partial charge is 0.417 e. The van der Waals surface area contributed by atoms with Crippen molar-refractivity contribution in [3.05, 3.63) is 83.1 Å². The van der Waals surface area contributed by atoms with Crippen molar-refractivity contribution >= 4 is 38.9 Å². The lowest BCUT2D eigenvalue weighted by atomic mass is 9.93. The summed E-state index contributed by atoms with van der Waals surface area (Å²) in [5, 5.41) is 7.30. The average Bonchev–Trinajstić information content (AvgIpc) is 3.56. The number of halogens is 4. The maximum atomic E-state index is 13.2. The van der Waals surface area contributed by atoms with Crippen molar-refractivity contribution in [2.45, 2.75) is 64.8 Å². The number of oxime groups is 1. The van der Waals surface area contributed by atoms with Crippen molar-refractivity contribution in [3.8, 4) is 0 Å². The van der Waals surface area contributed by atoms with E-state index in [1.165, 1.54) is 16.7 Å². The van der Waals surface area contributed by atoms with Crippen molar-refractivity contribution in [2.75, 3.05) is 13.1 Å². The van der Waals surface area contributed by atoms with Crippen LogP contribution in [0.5, 0.6) is 0 Å². The van der Waals surface area contributed by atoms with Gasteiger partial charge >= 0.3 is 6.18 Å². The second-order valence-electron chi connectivity index (χ2n) is 10.4. The van der Waals surface area contributed by atoms with E-state index in [0.717, 1.165) is 32.6 Å². The molecule has 1 saturated heterocycles. The molecule has 0 spiro atoms. The van der Waals surface area contributed by atoms with Crippen LogP contribution >= 0.6 is 27.3 Å². The molecule has 0 radical (unpaired) electrons. The number of aromatic nitrogens is 2. The van der Waals surface area contributed by atoms with Gasteiger partial charge in [-0.2, -0.15) is 13.2 Å². The van der Waals surface area contributed by atoms with Crippen molar-refractivity contribution < 1.29 is 22.8 Å². The van der Waals surface area contributed by atoms with Crippen molar-refractivity contribution in [3.63, 3.8) is 0 Å². The number of hydrogen-bond donors (Lipinski definition) is 0. The molecule has 2 aromatic heterocycles. The van der Waals surface area contributed by atoms with Crippen LogP contribution in [-0.4, -0.2) is 39.2 Å². The van der Waals surface area contributed by atoms with Gasteiger partial charge in [-0.1, -0.05) is 22.9 Å². The molecule has 5 rings (SSSR count). The zero-order chi connectivity index (χ0) is 28.8. The van der Waals surface area contributed by atoms with E-state index in [4.69, 9.17) is 9.82 Å². The van der Waals surface area contributed by atoms with E-state index in [0.29, 0.717) is 38.5 Å². The molecule has 12 heteroatoms. The molecule has 0 saturated carbocycles. The minimum atomic E-state index is -4.62. The Hall–Kier alpha value is -2.99. The highest BCUT2D eigenvalue weighted by molar-refractivity contribution is 9.10. The lowest BCUT2D eigenvalue weighted by Crippen LogP contribution is -2.41. The van der Waals surface area contributed by atoms with Crippen molar-refractivity contribution in [1.82, 2.24) is 14.5 Å². The summed E-state index contributed by atoms with van der Waals surface area (Å²) in [7, 11) is 0. The smallest absolute Gasteiger partial charge is 0.387 e. The molecule has 0 bridgehead atoms. The van der Waals surface area contributed by atoms with Gasteiger partial charge in [0, 0.05) is 42.6 Å². The first-order chi connectivity index (χ1) is 18.9. The summed E-state index contributed by atoms with van der Waals surface area (Å²) >= 11 is 4.44. The predicted molar refractivity (Wildman–Crippen MR) is 150 cm³/mol. The summed E-state index contributed by atoms with van der Waals surface area (Å²) in [5.41, 5.74) is 4.70. The van der Waals surface area contributed by atoms with Crippen LogP contribution in [-0.2, 0) is 22.4 Å². The third kappa shape index (κ3) is 5.88. The first-order valence-electron chi connectivity index (χ1n) is 12.9. The van der Waals surface area contributed by atoms with Gasteiger partial charge in [0.2, 0.25) is 5.91 Å². The number of hydrogen-bond acceptors (Lipinski definition) is 6. The number of aryl methyl sites for hydroxylation is 3. The Balaban J connectivity index is 1.19. The zero-order valence-corrected chi connectivity index (χ0v) is 24.6. The Morgan fingerprint density at radius 1 is 1.15 bits per heavy atom. The van der Waals surface area contributed by atoms with Crippen LogP contribution in [0.2, 0.25) is 0 Å². The van der Waals surface area contributed by atoms with Gasteiger partial charge in [0.25, 0.3) is 5.56 Å². The number of likely N-dealkylation sites (tertiary alicyclic amines) is 1. The third-order valence-electron chi connectivity index (χ3n) is 7.42. The lowest BCUT2D eigenvalue weighted by Gasteiger charge is -2.31. The molecule has 1 atom stereocenters. The van der Waals surface area contributed by atoms with Crippen LogP contribution in [0.25, 0.3) is 0 Å². The Kier molecular flexibility index (Phi) is 7.93. The minimum Gasteiger partial charge on any atom is -0.387 e. The number of piperidine rings is 1. The number of carbonyl (C=O) groups is 1. The van der Waals surface area contributed by atoms with Crippen LogP contribution in [0.3, 0.4) is 0 Å². The minimum absolute atomic E-state index is 0.139. The summed E-state index contributed by atoms with van der Waals surface area (Å²) in [6.07, 6.45) is -2.08. The number of thiazole rings is 1. The highest BCUT2D eigenvalue weighted by atomic mass is 79.9. The second-order valence-corrected chi connectivity index (χ2v) is 12.1. The van der Waals surface area contributed by atoms with Gasteiger partial charge < -0.3 is 14.3 Å². The molecule has 2 aliphatic rings. The van der Waals surface area contributed by atoms with E-state index in [1.807, 2.05) is 5.38 Å². The van der Waals surface area contributed by atoms with Crippen LogP contribution < -0.4 is 5.56 Å². The molecule has 4 heterocycles. The Morgan fingerprint density at radius 2 is 1.82 bits per heavy atom. The van der Waals surface area contributed by atoms with Crippen LogP contribution in [0.15, 0.2) is 44.2 Å². The third-order valence-corrected chi connectivity index (χ3v) is 8.99. The molecule has 1 fully saturated rings. The van der Waals surface area contributed by atoms with E-state index in [-0.39, 0.29) is 16.5 Å². The maximum Gasteiger partial charge on any atom is 0.417 e. The standard InChI is InChI=1S/C28H28BrF3N4O3S/c1-15-8-16(2)25(17(3)9-15)23-11-21(34-39-23)22-14-40-26(33-22)18-4-6-35(7-5-18)24(37)13-36-12-19(28(30,31)32)10-20(29)27(36)38/h8-10,12,14,18,23H,4-7,11,13H2,1-3H3. The summed E-state index contributed by atoms with van der Waals surface area (Å²) < 4.78 is 40.1. The van der Waals surface area contributed by atoms with Crippen LogP contribution in [0.4, 0.5) is 13.2 Å². The van der Waals surface area contributed by atoms with E-state index in [1.54, 1.807) is 16.2 Å². The van der Waals surface area contributed by atoms with Crippen molar-refractivity contribution in [2.24, 2.45) is 5.16 Å². The van der Waals surface area contributed by atoms with Gasteiger partial charge in [0.15, 0.2) is 6.10 Å². The molecule has 212 valence electrons. The summed E-state index contributed by atoms with van der Waals surface area (Å²) in [4.78, 5) is 37.4. The van der Waals surface area contributed by atoms with Gasteiger partial charge in [-0.15, -0.1) is 11.3 Å². The average molecular weight is 638 g/mol. The van der Waals surface area contributed by atoms with E-state index < -0.39 is 29.8 Å². The Labute approximate surface area is 241 Å². The highest BCUT2D eigenvalue weighted by Crippen LogP contribution is 2.36.